The minimum Gasteiger partial charge on any atom is -0.494 e. The Balaban J connectivity index is 1.46. The first kappa shape index (κ1) is 22.4. The van der Waals surface area contributed by atoms with Crippen molar-refractivity contribution in [3.8, 4) is 5.75 Å². The number of amides is 2. The lowest BCUT2D eigenvalue weighted by molar-refractivity contribution is -0.126. The molecule has 5 rings (SSSR count). The number of hydroxylamine groups is 1. The van der Waals surface area contributed by atoms with E-state index in [0.717, 1.165) is 24.1 Å². The van der Waals surface area contributed by atoms with Crippen LogP contribution in [-0.2, 0) is 14.4 Å². The zero-order valence-electron chi connectivity index (χ0n) is 18.8. The minimum atomic E-state index is -0.908. The van der Waals surface area contributed by atoms with E-state index in [9.17, 15) is 9.59 Å². The van der Waals surface area contributed by atoms with Crippen molar-refractivity contribution in [2.24, 2.45) is 5.92 Å². The molecule has 2 aliphatic heterocycles. The summed E-state index contributed by atoms with van der Waals surface area (Å²) in [5.74, 6) is -0.628. The number of fused-ring (bicyclic) bond motifs is 1. The number of ether oxygens (including phenoxy) is 1. The lowest BCUT2D eigenvalue weighted by Crippen LogP contribution is -2.37. The third kappa shape index (κ3) is 4.04. The molecule has 0 aromatic heterocycles. The summed E-state index contributed by atoms with van der Waals surface area (Å²) < 4.78 is 5.71. The molecule has 3 aromatic rings. The standard InChI is InChI=1S/C27H25ClN2O4/c1-2-3-17-33-22-15-13-20(14-16-22)29-26(31)23-24(18-9-11-19(28)12-10-18)30(34-25(23)27(29)32)21-7-5-4-6-8-21/h4-16,23-25H,2-3,17H2,1H3/t23-,24+,25+/m1/s1. The Labute approximate surface area is 203 Å². The number of carbonyl (C=O) groups excluding carboxylic acids is 2. The Hall–Kier alpha value is -3.35. The van der Waals surface area contributed by atoms with Gasteiger partial charge in [-0.15, -0.1) is 0 Å². The Morgan fingerprint density at radius 3 is 2.26 bits per heavy atom. The Kier molecular flexibility index (Phi) is 6.26. The Morgan fingerprint density at radius 1 is 0.882 bits per heavy atom. The van der Waals surface area contributed by atoms with Gasteiger partial charge in [-0.1, -0.05) is 55.3 Å². The van der Waals surface area contributed by atoms with E-state index in [0.29, 0.717) is 23.1 Å². The van der Waals surface area contributed by atoms with Crippen molar-refractivity contribution in [1.29, 1.82) is 0 Å². The highest BCUT2D eigenvalue weighted by Crippen LogP contribution is 2.47. The van der Waals surface area contributed by atoms with E-state index in [1.54, 1.807) is 41.5 Å². The molecular weight excluding hydrogens is 452 g/mol. The van der Waals surface area contributed by atoms with Gasteiger partial charge in [0.05, 0.1) is 24.0 Å². The van der Waals surface area contributed by atoms with Crippen LogP contribution in [0.25, 0.3) is 0 Å². The molecule has 2 aliphatic rings. The molecule has 0 unspecified atom stereocenters. The van der Waals surface area contributed by atoms with Crippen LogP contribution in [0.5, 0.6) is 5.75 Å². The van der Waals surface area contributed by atoms with E-state index < -0.39 is 18.1 Å². The summed E-state index contributed by atoms with van der Waals surface area (Å²) in [6, 6.07) is 23.4. The average Bonchev–Trinajstić information content (AvgIpc) is 3.37. The third-order valence-electron chi connectivity index (χ3n) is 6.20. The van der Waals surface area contributed by atoms with Crippen LogP contribution in [0.1, 0.15) is 31.4 Å². The van der Waals surface area contributed by atoms with Crippen molar-refractivity contribution in [2.45, 2.75) is 31.9 Å². The van der Waals surface area contributed by atoms with Crippen molar-refractivity contribution in [2.75, 3.05) is 16.6 Å². The van der Waals surface area contributed by atoms with E-state index in [1.165, 1.54) is 4.90 Å². The van der Waals surface area contributed by atoms with Gasteiger partial charge in [-0.05, 0) is 60.5 Å². The molecule has 7 heteroatoms. The second-order valence-electron chi connectivity index (χ2n) is 8.42. The number of rotatable bonds is 7. The van der Waals surface area contributed by atoms with E-state index in [2.05, 4.69) is 6.92 Å². The van der Waals surface area contributed by atoms with Gasteiger partial charge in [-0.25, -0.2) is 9.96 Å². The maximum atomic E-state index is 13.7. The van der Waals surface area contributed by atoms with Gasteiger partial charge in [0.25, 0.3) is 5.91 Å². The number of unbranched alkanes of at least 4 members (excludes halogenated alkanes) is 1. The van der Waals surface area contributed by atoms with Crippen molar-refractivity contribution in [3.63, 3.8) is 0 Å². The fourth-order valence-corrected chi connectivity index (χ4v) is 4.62. The molecule has 0 radical (unpaired) electrons. The monoisotopic (exact) mass is 476 g/mol. The predicted octanol–water partition coefficient (Wildman–Crippen LogP) is 5.57. The summed E-state index contributed by atoms with van der Waals surface area (Å²) in [4.78, 5) is 34.5. The topological polar surface area (TPSA) is 59.1 Å². The zero-order chi connectivity index (χ0) is 23.7. The van der Waals surface area contributed by atoms with E-state index in [1.807, 2.05) is 42.5 Å². The third-order valence-corrected chi connectivity index (χ3v) is 6.45. The van der Waals surface area contributed by atoms with Crippen LogP contribution >= 0.6 is 11.6 Å². The van der Waals surface area contributed by atoms with Gasteiger partial charge in [-0.2, -0.15) is 0 Å². The molecule has 34 heavy (non-hydrogen) atoms. The van der Waals surface area contributed by atoms with E-state index in [-0.39, 0.29) is 11.8 Å². The van der Waals surface area contributed by atoms with Crippen molar-refractivity contribution >= 4 is 34.8 Å². The molecule has 0 N–H and O–H groups in total. The van der Waals surface area contributed by atoms with Gasteiger partial charge in [0.15, 0.2) is 6.10 Å². The molecular formula is C27H25ClN2O4. The number of hydrogen-bond donors (Lipinski definition) is 0. The largest absolute Gasteiger partial charge is 0.494 e. The smallest absolute Gasteiger partial charge is 0.266 e. The second-order valence-corrected chi connectivity index (χ2v) is 8.85. The molecule has 0 spiro atoms. The maximum Gasteiger partial charge on any atom is 0.266 e. The number of para-hydroxylation sites is 1. The average molecular weight is 477 g/mol. The van der Waals surface area contributed by atoms with E-state index in [4.69, 9.17) is 21.2 Å². The van der Waals surface area contributed by atoms with Crippen molar-refractivity contribution in [1.82, 2.24) is 0 Å². The van der Waals surface area contributed by atoms with Gasteiger partial charge >= 0.3 is 0 Å². The molecule has 2 amide bonds. The number of halogens is 1. The van der Waals surface area contributed by atoms with Crippen LogP contribution < -0.4 is 14.7 Å². The molecule has 0 saturated carbocycles. The summed E-state index contributed by atoms with van der Waals surface area (Å²) >= 11 is 6.11. The van der Waals surface area contributed by atoms with Gasteiger partial charge in [0.2, 0.25) is 5.91 Å². The van der Waals surface area contributed by atoms with Gasteiger partial charge < -0.3 is 4.74 Å². The zero-order valence-corrected chi connectivity index (χ0v) is 19.5. The highest BCUT2D eigenvalue weighted by Gasteiger charge is 2.60. The van der Waals surface area contributed by atoms with Gasteiger partial charge in [0, 0.05) is 5.02 Å². The molecule has 6 nitrogen and oxygen atoms in total. The van der Waals surface area contributed by atoms with Crippen LogP contribution in [0.2, 0.25) is 5.02 Å². The minimum absolute atomic E-state index is 0.284. The van der Waals surface area contributed by atoms with Crippen LogP contribution in [-0.4, -0.2) is 24.5 Å². The van der Waals surface area contributed by atoms with Crippen LogP contribution in [0.3, 0.4) is 0 Å². The first-order valence-electron chi connectivity index (χ1n) is 11.5. The molecule has 174 valence electrons. The summed E-state index contributed by atoms with van der Waals surface area (Å²) in [5.41, 5.74) is 2.14. The summed E-state index contributed by atoms with van der Waals surface area (Å²) in [5, 5.41) is 2.28. The second kappa shape index (κ2) is 9.49. The first-order valence-corrected chi connectivity index (χ1v) is 11.8. The van der Waals surface area contributed by atoms with Crippen LogP contribution in [0.15, 0.2) is 78.9 Å². The molecule has 3 aromatic carbocycles. The first-order chi connectivity index (χ1) is 16.6. The SMILES string of the molecule is CCCCOc1ccc(N2C(=O)[C@H]3[C@H](ON(c4ccccc4)[C@H]3c3ccc(Cl)cc3)C2=O)cc1. The van der Waals surface area contributed by atoms with Gasteiger partial charge in [-0.3, -0.25) is 14.4 Å². The summed E-state index contributed by atoms with van der Waals surface area (Å²) in [6.45, 7) is 2.74. The number of anilines is 2. The Bertz CT molecular complexity index is 1170. The summed E-state index contributed by atoms with van der Waals surface area (Å²) in [7, 11) is 0. The number of nitrogens with zero attached hydrogens (tertiary/aromatic N) is 2. The van der Waals surface area contributed by atoms with Gasteiger partial charge in [0.1, 0.15) is 11.7 Å². The molecule has 0 aliphatic carbocycles. The number of imide groups is 1. The van der Waals surface area contributed by atoms with Crippen molar-refractivity contribution in [3.05, 3.63) is 89.4 Å². The quantitative estimate of drug-likeness (QED) is 0.329. The number of hydrogen-bond acceptors (Lipinski definition) is 5. The predicted molar refractivity (Wildman–Crippen MR) is 131 cm³/mol. The molecule has 2 heterocycles. The normalized spacial score (nSPS) is 21.8. The fraction of sp³-hybridized carbons (Fsp3) is 0.259. The summed E-state index contributed by atoms with van der Waals surface area (Å²) in [6.07, 6.45) is 1.11. The number of benzene rings is 3. The molecule has 3 atom stereocenters. The van der Waals surface area contributed by atoms with Crippen LogP contribution in [0, 0.1) is 5.92 Å². The highest BCUT2D eigenvalue weighted by atomic mass is 35.5. The maximum absolute atomic E-state index is 13.7. The molecule has 2 saturated heterocycles. The fourth-order valence-electron chi connectivity index (χ4n) is 4.49. The highest BCUT2D eigenvalue weighted by molar-refractivity contribution is 6.30. The number of carbonyl (C=O) groups is 2. The lowest BCUT2D eigenvalue weighted by atomic mass is 9.90. The Morgan fingerprint density at radius 2 is 1.59 bits per heavy atom. The van der Waals surface area contributed by atoms with E-state index >= 15 is 0 Å². The lowest BCUT2D eigenvalue weighted by Gasteiger charge is -2.28. The molecule has 2 fully saturated rings. The van der Waals surface area contributed by atoms with Crippen molar-refractivity contribution < 1.29 is 19.2 Å². The molecule has 0 bridgehead atoms. The van der Waals surface area contributed by atoms with Crippen LogP contribution in [0.4, 0.5) is 11.4 Å².